The highest BCUT2D eigenvalue weighted by Gasteiger charge is 2.26. The van der Waals surface area contributed by atoms with Crippen molar-refractivity contribution < 1.29 is 37.6 Å². The van der Waals surface area contributed by atoms with Gasteiger partial charge in [-0.1, -0.05) is 152 Å². The summed E-state index contributed by atoms with van der Waals surface area (Å²) in [5, 5.41) is 0. The van der Waals surface area contributed by atoms with Gasteiger partial charge in [0.25, 0.3) is 0 Å². The second kappa shape index (κ2) is 41.6. The maximum absolute atomic E-state index is 12.6. The topological polar surface area (TPSA) is 134 Å². The SMILES string of the molecule is CCCCCC=CCC=CCC=CCCCCC(=O)O[C@H](COC(=O)CCCCCCCCCCCC=CCCCCCCCC)COP(=O)(O)OCCN. The first kappa shape index (κ1) is 53.0. The first-order valence-corrected chi connectivity index (χ1v) is 23.6. The van der Waals surface area contributed by atoms with E-state index in [1.54, 1.807) is 0 Å². The van der Waals surface area contributed by atoms with Crippen LogP contribution in [-0.4, -0.2) is 49.3 Å². The van der Waals surface area contributed by atoms with Crippen LogP contribution < -0.4 is 5.73 Å². The lowest BCUT2D eigenvalue weighted by Crippen LogP contribution is -2.29. The van der Waals surface area contributed by atoms with Crippen molar-refractivity contribution in [2.24, 2.45) is 5.73 Å². The molecule has 320 valence electrons. The highest BCUT2D eigenvalue weighted by molar-refractivity contribution is 7.47. The van der Waals surface area contributed by atoms with Crippen LogP contribution in [0.1, 0.15) is 194 Å². The van der Waals surface area contributed by atoms with Gasteiger partial charge >= 0.3 is 19.8 Å². The van der Waals surface area contributed by atoms with E-state index in [1.165, 1.54) is 109 Å². The van der Waals surface area contributed by atoms with Crippen LogP contribution in [0, 0.1) is 0 Å². The number of carbonyl (C=O) groups excluding carboxylic acids is 2. The third-order valence-corrected chi connectivity index (χ3v) is 10.2. The lowest BCUT2D eigenvalue weighted by atomic mass is 10.1. The van der Waals surface area contributed by atoms with Gasteiger partial charge < -0.3 is 20.1 Å². The van der Waals surface area contributed by atoms with Gasteiger partial charge in [-0.15, -0.1) is 0 Å². The molecule has 0 saturated carbocycles. The summed E-state index contributed by atoms with van der Waals surface area (Å²) < 4.78 is 32.7. The summed E-state index contributed by atoms with van der Waals surface area (Å²) >= 11 is 0. The fourth-order valence-electron chi connectivity index (χ4n) is 5.87. The highest BCUT2D eigenvalue weighted by atomic mass is 31.2. The zero-order valence-corrected chi connectivity index (χ0v) is 36.0. The predicted molar refractivity (Wildman–Crippen MR) is 229 cm³/mol. The minimum atomic E-state index is -4.39. The van der Waals surface area contributed by atoms with Gasteiger partial charge in [0.15, 0.2) is 6.10 Å². The summed E-state index contributed by atoms with van der Waals surface area (Å²) in [6.45, 7) is 3.65. The number of hydrogen-bond acceptors (Lipinski definition) is 8. The molecule has 55 heavy (non-hydrogen) atoms. The molecule has 0 amide bonds. The summed E-state index contributed by atoms with van der Waals surface area (Å²) in [6, 6.07) is 0. The van der Waals surface area contributed by atoms with Crippen molar-refractivity contribution in [3.63, 3.8) is 0 Å². The molecule has 2 atom stereocenters. The number of phosphoric acid groups is 1. The third kappa shape index (κ3) is 41.4. The Morgan fingerprint density at radius 1 is 0.545 bits per heavy atom. The zero-order valence-electron chi connectivity index (χ0n) is 35.2. The minimum absolute atomic E-state index is 0.0458. The number of carbonyl (C=O) groups is 2. The molecule has 10 heteroatoms. The quantitative estimate of drug-likeness (QED) is 0.0268. The fourth-order valence-corrected chi connectivity index (χ4v) is 6.64. The van der Waals surface area contributed by atoms with Gasteiger partial charge in [0.1, 0.15) is 6.61 Å². The summed E-state index contributed by atoms with van der Waals surface area (Å²) in [4.78, 5) is 34.9. The molecule has 0 aliphatic rings. The Hall–Kier alpha value is -2.03. The standard InChI is InChI=1S/C45H82NO8P/c1-3-5-7-9-11-13-15-17-19-20-21-22-24-25-27-29-31-33-35-37-44(47)51-41-43(42-53-55(49,50)52-40-39-46)54-45(48)38-36-34-32-30-28-26-23-18-16-14-12-10-8-6-4-2/h12,14,17-19,23,28,30,43H,3-11,13,15-16,20-22,24-27,29,31-42,46H2,1-2H3,(H,49,50)/t43-/m1/s1. The summed E-state index contributed by atoms with van der Waals surface area (Å²) in [7, 11) is -4.39. The Kier molecular flexibility index (Phi) is 40.1. The van der Waals surface area contributed by atoms with Gasteiger partial charge in [-0.25, -0.2) is 4.57 Å². The Balaban J connectivity index is 4.18. The second-order valence-corrected chi connectivity index (χ2v) is 16.0. The van der Waals surface area contributed by atoms with Crippen LogP contribution >= 0.6 is 7.82 Å². The molecule has 0 fully saturated rings. The predicted octanol–water partition coefficient (Wildman–Crippen LogP) is 12.7. The highest BCUT2D eigenvalue weighted by Crippen LogP contribution is 2.43. The van der Waals surface area contributed by atoms with E-state index < -0.39 is 32.5 Å². The molecule has 0 radical (unpaired) electrons. The van der Waals surface area contributed by atoms with Gasteiger partial charge in [-0.3, -0.25) is 18.6 Å². The normalized spacial score (nSPS) is 13.7. The first-order chi connectivity index (χ1) is 26.8. The number of rotatable bonds is 41. The van der Waals surface area contributed by atoms with Gasteiger partial charge in [0.2, 0.25) is 0 Å². The van der Waals surface area contributed by atoms with Gasteiger partial charge in [-0.2, -0.15) is 0 Å². The smallest absolute Gasteiger partial charge is 0.462 e. The molecule has 0 aliphatic heterocycles. The van der Waals surface area contributed by atoms with Crippen LogP contribution in [0.15, 0.2) is 48.6 Å². The largest absolute Gasteiger partial charge is 0.472 e. The van der Waals surface area contributed by atoms with Crippen LogP contribution in [0.4, 0.5) is 0 Å². The molecule has 0 aliphatic carbocycles. The van der Waals surface area contributed by atoms with Crippen LogP contribution in [0.2, 0.25) is 0 Å². The first-order valence-electron chi connectivity index (χ1n) is 22.1. The minimum Gasteiger partial charge on any atom is -0.462 e. The number of unbranched alkanes of at least 4 members (excludes halogenated alkanes) is 20. The number of esters is 2. The molecule has 0 heterocycles. The number of nitrogens with two attached hydrogens (primary N) is 1. The van der Waals surface area contributed by atoms with Crippen molar-refractivity contribution in [1.82, 2.24) is 0 Å². The van der Waals surface area contributed by atoms with E-state index in [9.17, 15) is 19.0 Å². The molecular weight excluding hydrogens is 713 g/mol. The molecule has 3 N–H and O–H groups in total. The van der Waals surface area contributed by atoms with E-state index in [1.807, 2.05) is 0 Å². The summed E-state index contributed by atoms with van der Waals surface area (Å²) in [5.74, 6) is -0.875. The monoisotopic (exact) mass is 796 g/mol. The van der Waals surface area contributed by atoms with E-state index in [-0.39, 0.29) is 32.6 Å². The van der Waals surface area contributed by atoms with Gasteiger partial charge in [0, 0.05) is 19.4 Å². The van der Waals surface area contributed by atoms with Crippen molar-refractivity contribution in [3.05, 3.63) is 48.6 Å². The average Bonchev–Trinajstić information content (AvgIpc) is 3.17. The Morgan fingerprint density at radius 2 is 0.945 bits per heavy atom. The van der Waals surface area contributed by atoms with Crippen LogP contribution in [0.5, 0.6) is 0 Å². The fraction of sp³-hybridized carbons (Fsp3) is 0.778. The molecule has 0 aromatic heterocycles. The average molecular weight is 796 g/mol. The van der Waals surface area contributed by atoms with Gasteiger partial charge in [0.05, 0.1) is 13.2 Å². The van der Waals surface area contributed by atoms with E-state index in [2.05, 4.69) is 62.5 Å². The summed E-state index contributed by atoms with van der Waals surface area (Å²) in [5.41, 5.74) is 5.34. The lowest BCUT2D eigenvalue weighted by molar-refractivity contribution is -0.161. The Morgan fingerprint density at radius 3 is 1.49 bits per heavy atom. The second-order valence-electron chi connectivity index (χ2n) is 14.6. The van der Waals surface area contributed by atoms with E-state index in [0.29, 0.717) is 6.42 Å². The molecule has 0 saturated heterocycles. The number of hydrogen-bond donors (Lipinski definition) is 2. The molecule has 1 unspecified atom stereocenters. The van der Waals surface area contributed by atoms with Crippen LogP contribution in [0.25, 0.3) is 0 Å². The van der Waals surface area contributed by atoms with E-state index in [4.69, 9.17) is 24.3 Å². The molecular formula is C45H82NO8P. The maximum Gasteiger partial charge on any atom is 0.472 e. The van der Waals surface area contributed by atoms with Crippen LogP contribution in [-0.2, 0) is 32.7 Å². The van der Waals surface area contributed by atoms with Crippen molar-refractivity contribution in [2.45, 2.75) is 200 Å². The number of allylic oxidation sites excluding steroid dienone is 8. The molecule has 9 nitrogen and oxygen atoms in total. The third-order valence-electron chi connectivity index (χ3n) is 9.19. The van der Waals surface area contributed by atoms with E-state index in [0.717, 1.165) is 51.4 Å². The maximum atomic E-state index is 12.6. The van der Waals surface area contributed by atoms with Gasteiger partial charge in [-0.05, 0) is 77.0 Å². The van der Waals surface area contributed by atoms with Crippen molar-refractivity contribution in [2.75, 3.05) is 26.4 Å². The zero-order chi connectivity index (χ0) is 40.3. The van der Waals surface area contributed by atoms with Crippen LogP contribution in [0.3, 0.4) is 0 Å². The number of phosphoric ester groups is 1. The van der Waals surface area contributed by atoms with Crippen molar-refractivity contribution in [3.8, 4) is 0 Å². The molecule has 0 rings (SSSR count). The molecule has 0 spiro atoms. The lowest BCUT2D eigenvalue weighted by Gasteiger charge is -2.19. The van der Waals surface area contributed by atoms with Crippen molar-refractivity contribution >= 4 is 19.8 Å². The van der Waals surface area contributed by atoms with E-state index >= 15 is 0 Å². The molecule has 0 aromatic rings. The summed E-state index contributed by atoms with van der Waals surface area (Å²) in [6.07, 6.45) is 47.1. The van der Waals surface area contributed by atoms with Crippen molar-refractivity contribution in [1.29, 1.82) is 0 Å². The Bertz CT molecular complexity index is 1040. The molecule has 0 bridgehead atoms. The Labute approximate surface area is 336 Å². The number of ether oxygens (including phenoxy) is 2. The molecule has 0 aromatic carbocycles.